The van der Waals surface area contributed by atoms with Gasteiger partial charge in [0.2, 0.25) is 0 Å². The molecule has 312 valence electrons. The van der Waals surface area contributed by atoms with Gasteiger partial charge >= 0.3 is 162 Å². The number of hydrogen-bond donors (Lipinski definition) is 0. The fourth-order valence-electron chi connectivity index (χ4n) is 7.00. The molecule has 0 aliphatic carbocycles. The van der Waals surface area contributed by atoms with Crippen molar-refractivity contribution in [3.8, 4) is 0 Å². The van der Waals surface area contributed by atoms with E-state index < -0.39 is 14.2 Å². The minimum absolute atomic E-state index is 0.745. The van der Waals surface area contributed by atoms with Crippen LogP contribution in [0.3, 0.4) is 0 Å². The molecule has 60 heavy (non-hydrogen) atoms. The van der Waals surface area contributed by atoms with Gasteiger partial charge in [-0.05, 0) is 97.1 Å². The summed E-state index contributed by atoms with van der Waals surface area (Å²) >= 11 is 19.8. The summed E-state index contributed by atoms with van der Waals surface area (Å²) < 4.78 is -1.49. The zero-order valence-corrected chi connectivity index (χ0v) is 53.2. The summed E-state index contributed by atoms with van der Waals surface area (Å²) in [5.74, 6) is 0. The molecule has 8 aromatic carbocycles. The molecule has 0 spiro atoms. The molecule has 0 amide bonds. The average molecular weight is 1800 g/mol. The second kappa shape index (κ2) is 26.7. The molecule has 0 aliphatic rings. The Balaban J connectivity index is 0.000000186. The molecule has 0 N–H and O–H groups in total. The molecule has 0 heterocycles. The van der Waals surface area contributed by atoms with Crippen molar-refractivity contribution in [3.63, 3.8) is 0 Å². The van der Waals surface area contributed by atoms with Crippen LogP contribution in [-0.2, 0) is -0.308 Å². The summed E-state index contributed by atoms with van der Waals surface area (Å²) in [5, 5.41) is 11.1. The second-order valence-electron chi connectivity index (χ2n) is 12.7. The summed E-state index contributed by atoms with van der Waals surface area (Å²) in [6.45, 7) is 0. The third-order valence-corrected chi connectivity index (χ3v) is 17.7. The Bertz CT molecular complexity index is 1880. The van der Waals surface area contributed by atoms with E-state index in [1.54, 1.807) is 0 Å². The molecule has 0 bridgehead atoms. The normalized spacial score (nSPS) is 11.9. The maximum Gasteiger partial charge on any atom is 0.144 e. The van der Waals surface area contributed by atoms with Gasteiger partial charge in [0.15, 0.2) is 0 Å². The topological polar surface area (TPSA) is 0 Å². The Morgan fingerprint density at radius 2 is 0.267 bits per heavy atom. The van der Waals surface area contributed by atoms with Crippen molar-refractivity contribution < 1.29 is -0.308 Å². The van der Waals surface area contributed by atoms with Gasteiger partial charge in [-0.1, -0.05) is 146 Å². The quantitative estimate of drug-likeness (QED) is 0.0808. The maximum atomic E-state index is 2.48. The molecule has 0 radical (unpaired) electrons. The number of hydrogen-bond acceptors (Lipinski definition) is 0. The van der Waals surface area contributed by atoms with Crippen LogP contribution in [0.15, 0.2) is 243 Å². The van der Waals surface area contributed by atoms with Crippen LogP contribution in [0.2, 0.25) is 0 Å². The minimum Gasteiger partial charge on any atom is -0.0620 e. The van der Waals surface area contributed by atoms with Crippen molar-refractivity contribution in [1.29, 1.82) is 0 Å². The largest absolute Gasteiger partial charge is 0.144 e. The van der Waals surface area contributed by atoms with Crippen LogP contribution in [0, 0.1) is 0 Å². The molecule has 0 aromatic heterocycles. The van der Waals surface area contributed by atoms with Crippen LogP contribution in [0.4, 0.5) is 0 Å². The molecule has 0 saturated carbocycles. The van der Waals surface area contributed by atoms with Crippen molar-refractivity contribution in [2.75, 3.05) is 0 Å². The van der Waals surface area contributed by atoms with Crippen LogP contribution in [0.1, 0.15) is 0 Å². The van der Waals surface area contributed by atoms with E-state index in [0.717, 1.165) is 0 Å². The molecule has 8 aromatic rings. The molecule has 0 atom stereocenters. The molecule has 0 nitrogen and oxygen atoms in total. The first kappa shape index (κ1) is 52.5. The van der Waals surface area contributed by atoms with E-state index in [-0.39, 0.29) is 0 Å². The van der Waals surface area contributed by atoms with Crippen molar-refractivity contribution in [2.45, 2.75) is 0 Å². The van der Waals surface area contributed by atoms with Crippen LogP contribution >= 0.6 is 177 Å². The molecule has 0 aliphatic heterocycles. The molecule has 0 fully saturated rings. The first-order chi connectivity index (χ1) is 28.8. The predicted molar refractivity (Wildman–Crippen MR) is 335 cm³/mol. The molecular formula is C48H40I8Mn2P2. The number of rotatable bonds is 8. The van der Waals surface area contributed by atoms with Gasteiger partial charge in [-0.15, -0.1) is 0 Å². The predicted octanol–water partition coefficient (Wildman–Crippen LogP) is 15.7. The standard InChI is InChI=1S/2C24H20P.8HI.2Mn/c2*1-5-13-21(14-6-1)25(22-15-7-2-8-16-22,23-17-9-3-10-18-23)24-19-11-4-12-20-24;;;;;;;;;;/h2*1-20H;8*1H;;/q2*+1;;;;;;;;;2*+3/p-8. The van der Waals surface area contributed by atoms with Gasteiger partial charge < -0.3 is 0 Å². The Hall–Kier alpha value is 1.50. The summed E-state index contributed by atoms with van der Waals surface area (Å²) in [6.07, 6.45) is 0. The minimum atomic E-state index is -1.91. The zero-order valence-electron chi connectivity index (χ0n) is 31.8. The summed E-state index contributed by atoms with van der Waals surface area (Å²) in [5.41, 5.74) is 0. The van der Waals surface area contributed by atoms with Crippen molar-refractivity contribution in [2.24, 2.45) is 0 Å². The second-order valence-corrected chi connectivity index (χ2v) is 139. The van der Waals surface area contributed by atoms with Crippen molar-refractivity contribution in [1.82, 2.24) is 0 Å². The van der Waals surface area contributed by atoms with Gasteiger partial charge in [-0.3, -0.25) is 0 Å². The van der Waals surface area contributed by atoms with Gasteiger partial charge in [0.1, 0.15) is 57.0 Å². The zero-order chi connectivity index (χ0) is 42.9. The van der Waals surface area contributed by atoms with Gasteiger partial charge in [0, 0.05) is 0 Å². The number of halogens is 8. The van der Waals surface area contributed by atoms with Gasteiger partial charge in [-0.2, -0.15) is 0 Å². The van der Waals surface area contributed by atoms with Crippen molar-refractivity contribution in [3.05, 3.63) is 243 Å². The van der Waals surface area contributed by atoms with E-state index >= 15 is 0 Å². The van der Waals surface area contributed by atoms with E-state index in [4.69, 9.17) is 0 Å². The number of benzene rings is 8. The molecule has 12 heteroatoms. The third kappa shape index (κ3) is 15.8. The van der Waals surface area contributed by atoms with Crippen LogP contribution in [0.25, 0.3) is 0 Å². The van der Waals surface area contributed by atoms with E-state index in [1.165, 1.54) is 42.4 Å². The van der Waals surface area contributed by atoms with E-state index in [2.05, 4.69) is 405 Å². The van der Waals surface area contributed by atoms with Crippen LogP contribution in [-0.4, -0.2) is 0 Å². The van der Waals surface area contributed by atoms with Gasteiger partial charge in [0.05, 0.1) is 0 Å². The Morgan fingerprint density at radius 3 is 0.350 bits per heavy atom. The molecule has 8 rings (SSSR count). The smallest absolute Gasteiger partial charge is 0.0620 e. The fourth-order valence-corrected chi connectivity index (χ4v) is 15.5. The Morgan fingerprint density at radius 1 is 0.183 bits per heavy atom. The molecular weight excluding hydrogens is 1760 g/mol. The average Bonchev–Trinajstić information content (AvgIpc) is 3.27. The van der Waals surface area contributed by atoms with Crippen LogP contribution in [0.5, 0.6) is 0 Å². The molecule has 0 saturated heterocycles. The monoisotopic (exact) mass is 1800 g/mol. The summed E-state index contributed by atoms with van der Waals surface area (Å²) in [6, 6.07) is 87.7. The first-order valence-electron chi connectivity index (χ1n) is 18.2. The third-order valence-electron chi connectivity index (χ3n) is 9.15. The van der Waals surface area contributed by atoms with Gasteiger partial charge in [-0.25, -0.2) is 0 Å². The Kier molecular flexibility index (Phi) is 23.4. The Labute approximate surface area is 453 Å². The van der Waals surface area contributed by atoms with Crippen LogP contribution < -0.4 is 42.4 Å². The van der Waals surface area contributed by atoms with Crippen molar-refractivity contribution >= 4 is 220 Å². The van der Waals surface area contributed by atoms with E-state index in [9.17, 15) is 0 Å². The molecule has 0 unspecified atom stereocenters. The SMILES string of the molecule is [I][Mn-]([I])([I])[I].[I][Mn-]([I])([I])[I].c1ccc([P+](c2ccccc2)(c2ccccc2)c2ccccc2)cc1.c1ccc([P+](c2ccccc2)(c2ccccc2)c2ccccc2)cc1. The summed E-state index contributed by atoms with van der Waals surface area (Å²) in [7, 11) is -3.81. The first-order valence-corrected chi connectivity index (χ1v) is 52.3. The fraction of sp³-hybridized carbons (Fsp3) is 0. The van der Waals surface area contributed by atoms with E-state index in [1.807, 2.05) is 0 Å². The summed E-state index contributed by atoms with van der Waals surface area (Å²) in [4.78, 5) is 0. The van der Waals surface area contributed by atoms with E-state index in [0.29, 0.717) is 0 Å². The van der Waals surface area contributed by atoms with Gasteiger partial charge in [0.25, 0.3) is 0 Å². The maximum absolute atomic E-state index is 2.48.